The molecule has 0 saturated carbocycles. The maximum absolute atomic E-state index is 5.82. The first-order valence-corrected chi connectivity index (χ1v) is 6.67. The molecule has 3 rings (SSSR count). The number of rotatable bonds is 1. The molecule has 3 aromatic heterocycles. The lowest BCUT2D eigenvalue weighted by molar-refractivity contribution is 0.568. The maximum atomic E-state index is 5.82. The molecule has 0 atom stereocenters. The lowest BCUT2D eigenvalue weighted by atomic mass is 9.91. The first-order chi connectivity index (χ1) is 8.97. The molecule has 19 heavy (non-hydrogen) atoms. The Labute approximate surface area is 114 Å². The van der Waals surface area contributed by atoms with Crippen molar-refractivity contribution < 1.29 is 0 Å². The lowest BCUT2D eigenvalue weighted by Crippen LogP contribution is -2.13. The maximum Gasteiger partial charge on any atom is 0.182 e. The van der Waals surface area contributed by atoms with Crippen molar-refractivity contribution in [3.05, 3.63) is 24.0 Å². The van der Waals surface area contributed by atoms with E-state index in [9.17, 15) is 0 Å². The van der Waals surface area contributed by atoms with E-state index in [-0.39, 0.29) is 5.41 Å². The summed E-state index contributed by atoms with van der Waals surface area (Å²) in [5.41, 5.74) is 8.09. The summed E-state index contributed by atoms with van der Waals surface area (Å²) in [6.45, 7) is 6.31. The molecule has 0 fully saturated rings. The van der Waals surface area contributed by atoms with Gasteiger partial charge >= 0.3 is 0 Å². The van der Waals surface area contributed by atoms with Crippen LogP contribution < -0.4 is 5.73 Å². The van der Waals surface area contributed by atoms with Crippen molar-refractivity contribution in [1.29, 1.82) is 0 Å². The van der Waals surface area contributed by atoms with Crippen molar-refractivity contribution in [2.45, 2.75) is 26.2 Å². The topological polar surface area (TPSA) is 82.0 Å². The molecule has 0 aromatic carbocycles. The molecule has 0 amide bonds. The van der Waals surface area contributed by atoms with Gasteiger partial charge in [0.1, 0.15) is 4.88 Å². The van der Waals surface area contributed by atoms with E-state index in [1.807, 2.05) is 22.7 Å². The van der Waals surface area contributed by atoms with Crippen LogP contribution in [0.1, 0.15) is 26.5 Å². The summed E-state index contributed by atoms with van der Waals surface area (Å²) in [7, 11) is 0. The summed E-state index contributed by atoms with van der Waals surface area (Å²) in [4.78, 5) is 0.936. The molecule has 3 aromatic rings. The number of nitrogen functional groups attached to an aromatic ring is 1. The van der Waals surface area contributed by atoms with Crippen molar-refractivity contribution >= 4 is 22.9 Å². The zero-order chi connectivity index (χ0) is 13.6. The smallest absolute Gasteiger partial charge is 0.182 e. The Morgan fingerprint density at radius 1 is 1.16 bits per heavy atom. The zero-order valence-electron chi connectivity index (χ0n) is 11.0. The second kappa shape index (κ2) is 3.99. The molecule has 0 bridgehead atoms. The monoisotopic (exact) mass is 274 g/mol. The molecule has 0 saturated heterocycles. The molecule has 0 spiro atoms. The molecule has 6 nitrogen and oxygen atoms in total. The van der Waals surface area contributed by atoms with E-state index in [0.717, 1.165) is 22.0 Å². The summed E-state index contributed by atoms with van der Waals surface area (Å²) in [5, 5.41) is 12.6. The molecule has 0 unspecified atom stereocenters. The van der Waals surface area contributed by atoms with E-state index in [1.54, 1.807) is 0 Å². The highest BCUT2D eigenvalue weighted by atomic mass is 32.1. The fraction of sp³-hybridized carbons (Fsp3) is 0.333. The zero-order valence-corrected chi connectivity index (χ0v) is 11.8. The van der Waals surface area contributed by atoms with E-state index in [4.69, 9.17) is 5.73 Å². The molecule has 0 aliphatic carbocycles. The Balaban J connectivity index is 2.26. The van der Waals surface area contributed by atoms with Gasteiger partial charge in [0.15, 0.2) is 11.5 Å². The molecule has 7 heteroatoms. The number of hydrogen-bond acceptors (Lipinski definition) is 6. The minimum Gasteiger partial charge on any atom is -0.398 e. The van der Waals surface area contributed by atoms with Gasteiger partial charge in [-0.1, -0.05) is 25.3 Å². The van der Waals surface area contributed by atoms with Crippen molar-refractivity contribution in [3.63, 3.8) is 0 Å². The average Bonchev–Trinajstić information content (AvgIpc) is 2.91. The minimum atomic E-state index is -0.0888. The van der Waals surface area contributed by atoms with Crippen molar-refractivity contribution in [1.82, 2.24) is 24.2 Å². The lowest BCUT2D eigenvalue weighted by Gasteiger charge is -2.15. The van der Waals surface area contributed by atoms with Crippen LogP contribution in [0.3, 0.4) is 0 Å². The van der Waals surface area contributed by atoms with Gasteiger partial charge in [-0.2, -0.15) is 0 Å². The van der Waals surface area contributed by atoms with Crippen LogP contribution >= 0.6 is 11.5 Å². The second-order valence-electron chi connectivity index (χ2n) is 5.41. The number of fused-ring (bicyclic) bond motifs is 1. The molecule has 0 radical (unpaired) electrons. The number of aromatic nitrogens is 5. The largest absolute Gasteiger partial charge is 0.398 e. The Hall–Kier alpha value is -2.02. The first-order valence-electron chi connectivity index (χ1n) is 5.90. The third-order valence-electron chi connectivity index (χ3n) is 2.83. The molecule has 0 aliphatic rings. The van der Waals surface area contributed by atoms with E-state index < -0.39 is 0 Å². The van der Waals surface area contributed by atoms with Crippen molar-refractivity contribution in [2.24, 2.45) is 0 Å². The standard InChI is InChI=1S/C12H14N6S/c1-12(2,3)10-9(19-17-15-10)11-16-14-8-5-4-7(13)6-18(8)11/h4-6H,13H2,1-3H3. The summed E-state index contributed by atoms with van der Waals surface area (Å²) >= 11 is 1.33. The number of hydrogen-bond donors (Lipinski definition) is 1. The Morgan fingerprint density at radius 3 is 2.68 bits per heavy atom. The van der Waals surface area contributed by atoms with E-state index in [0.29, 0.717) is 5.69 Å². The van der Waals surface area contributed by atoms with Crippen LogP contribution in [0.4, 0.5) is 5.69 Å². The molecular weight excluding hydrogens is 260 g/mol. The average molecular weight is 274 g/mol. The molecule has 2 N–H and O–H groups in total. The van der Waals surface area contributed by atoms with Gasteiger partial charge in [-0.3, -0.25) is 4.40 Å². The second-order valence-corrected chi connectivity index (χ2v) is 6.17. The highest BCUT2D eigenvalue weighted by Gasteiger charge is 2.25. The van der Waals surface area contributed by atoms with Gasteiger partial charge in [0.2, 0.25) is 0 Å². The van der Waals surface area contributed by atoms with E-state index >= 15 is 0 Å². The van der Waals surface area contributed by atoms with Crippen LogP contribution in [0.5, 0.6) is 0 Å². The quantitative estimate of drug-likeness (QED) is 0.735. The Kier molecular flexibility index (Phi) is 2.53. The number of pyridine rings is 1. The van der Waals surface area contributed by atoms with Gasteiger partial charge in [-0.15, -0.1) is 15.3 Å². The Bertz CT molecular complexity index is 736. The summed E-state index contributed by atoms with van der Waals surface area (Å²) in [6.07, 6.45) is 1.82. The number of anilines is 1. The Morgan fingerprint density at radius 2 is 1.95 bits per heavy atom. The van der Waals surface area contributed by atoms with Gasteiger partial charge in [0, 0.05) is 17.3 Å². The first kappa shape index (κ1) is 12.0. The molecule has 98 valence electrons. The van der Waals surface area contributed by atoms with Crippen LogP contribution in [0.15, 0.2) is 18.3 Å². The van der Waals surface area contributed by atoms with Gasteiger partial charge in [-0.05, 0) is 23.7 Å². The van der Waals surface area contributed by atoms with Gasteiger partial charge < -0.3 is 5.73 Å². The number of nitrogens with zero attached hydrogens (tertiary/aromatic N) is 5. The summed E-state index contributed by atoms with van der Waals surface area (Å²) in [6, 6.07) is 3.65. The molecular formula is C12H14N6S. The number of nitrogens with two attached hydrogens (primary N) is 1. The highest BCUT2D eigenvalue weighted by Crippen LogP contribution is 2.33. The third-order valence-corrected chi connectivity index (χ3v) is 3.55. The molecule has 0 aliphatic heterocycles. The predicted molar refractivity (Wildman–Crippen MR) is 75.0 cm³/mol. The predicted octanol–water partition coefficient (Wildman–Crippen LogP) is 2.13. The fourth-order valence-electron chi connectivity index (χ4n) is 1.89. The van der Waals surface area contributed by atoms with E-state index in [2.05, 4.69) is 40.6 Å². The summed E-state index contributed by atoms with van der Waals surface area (Å²) in [5.74, 6) is 0.738. The van der Waals surface area contributed by atoms with Gasteiger partial charge in [0.25, 0.3) is 0 Å². The molecule has 3 heterocycles. The normalized spacial score (nSPS) is 12.2. The van der Waals surface area contributed by atoms with Crippen LogP contribution in [0.2, 0.25) is 0 Å². The van der Waals surface area contributed by atoms with Crippen LogP contribution in [0, 0.1) is 0 Å². The van der Waals surface area contributed by atoms with Gasteiger partial charge in [0.05, 0.1) is 5.69 Å². The minimum absolute atomic E-state index is 0.0888. The van der Waals surface area contributed by atoms with Crippen LogP contribution in [-0.4, -0.2) is 24.2 Å². The SMILES string of the molecule is CC(C)(C)c1nnsc1-c1nnc2ccc(N)cn12. The summed E-state index contributed by atoms with van der Waals surface area (Å²) < 4.78 is 5.93. The van der Waals surface area contributed by atoms with E-state index in [1.165, 1.54) is 11.5 Å². The van der Waals surface area contributed by atoms with Crippen LogP contribution in [-0.2, 0) is 5.41 Å². The van der Waals surface area contributed by atoms with Crippen molar-refractivity contribution in [2.75, 3.05) is 5.73 Å². The highest BCUT2D eigenvalue weighted by molar-refractivity contribution is 7.09. The van der Waals surface area contributed by atoms with Crippen LogP contribution in [0.25, 0.3) is 16.3 Å². The van der Waals surface area contributed by atoms with Crippen molar-refractivity contribution in [3.8, 4) is 10.7 Å². The van der Waals surface area contributed by atoms with Gasteiger partial charge in [-0.25, -0.2) is 0 Å². The fourth-order valence-corrected chi connectivity index (χ4v) is 2.75. The third kappa shape index (κ3) is 1.95.